The van der Waals surface area contributed by atoms with Crippen molar-refractivity contribution in [1.29, 1.82) is 0 Å². The fourth-order valence-corrected chi connectivity index (χ4v) is 1.63. The van der Waals surface area contributed by atoms with Gasteiger partial charge in [-0.3, -0.25) is 4.79 Å². The van der Waals surface area contributed by atoms with E-state index in [2.05, 4.69) is 15.4 Å². The SMILES string of the molecule is CCNc1cccc(-n2ccc(C(=O)N(C)C)n2)n1. The molecule has 0 aliphatic heterocycles. The van der Waals surface area contributed by atoms with E-state index < -0.39 is 0 Å². The molecule has 19 heavy (non-hydrogen) atoms. The van der Waals surface area contributed by atoms with Gasteiger partial charge >= 0.3 is 0 Å². The molecule has 0 fully saturated rings. The van der Waals surface area contributed by atoms with Crippen LogP contribution in [0.4, 0.5) is 5.82 Å². The van der Waals surface area contributed by atoms with Crippen LogP contribution in [-0.2, 0) is 0 Å². The molecule has 0 bridgehead atoms. The zero-order chi connectivity index (χ0) is 13.8. The van der Waals surface area contributed by atoms with E-state index in [-0.39, 0.29) is 5.91 Å². The first-order valence-electron chi connectivity index (χ1n) is 6.10. The second-order valence-corrected chi connectivity index (χ2v) is 4.26. The summed E-state index contributed by atoms with van der Waals surface area (Å²) in [5.41, 5.74) is 0.403. The molecular formula is C13H17N5O. The first-order chi connectivity index (χ1) is 9.11. The van der Waals surface area contributed by atoms with Crippen molar-refractivity contribution in [3.05, 3.63) is 36.2 Å². The third-order valence-electron chi connectivity index (χ3n) is 2.54. The highest BCUT2D eigenvalue weighted by Gasteiger charge is 2.12. The Morgan fingerprint density at radius 2 is 2.16 bits per heavy atom. The Balaban J connectivity index is 2.27. The van der Waals surface area contributed by atoms with Crippen LogP contribution >= 0.6 is 0 Å². The van der Waals surface area contributed by atoms with Gasteiger partial charge in [0.25, 0.3) is 5.91 Å². The fraction of sp³-hybridized carbons (Fsp3) is 0.308. The molecule has 2 aromatic rings. The number of nitrogens with one attached hydrogen (secondary N) is 1. The van der Waals surface area contributed by atoms with Crippen molar-refractivity contribution >= 4 is 11.7 Å². The summed E-state index contributed by atoms with van der Waals surface area (Å²) in [5.74, 6) is 1.34. The number of carbonyl (C=O) groups excluding carboxylic acids is 1. The molecule has 0 aliphatic carbocycles. The van der Waals surface area contributed by atoms with Crippen molar-refractivity contribution in [1.82, 2.24) is 19.7 Å². The Labute approximate surface area is 112 Å². The number of nitrogens with zero attached hydrogens (tertiary/aromatic N) is 4. The monoisotopic (exact) mass is 259 g/mol. The first-order valence-corrected chi connectivity index (χ1v) is 6.10. The van der Waals surface area contributed by atoms with Crippen molar-refractivity contribution < 1.29 is 4.79 Å². The number of anilines is 1. The molecule has 1 N–H and O–H groups in total. The highest BCUT2D eigenvalue weighted by atomic mass is 16.2. The Kier molecular flexibility index (Phi) is 3.79. The quantitative estimate of drug-likeness (QED) is 0.901. The summed E-state index contributed by atoms with van der Waals surface area (Å²) >= 11 is 0. The van der Waals surface area contributed by atoms with Crippen LogP contribution in [0.2, 0.25) is 0 Å². The first kappa shape index (κ1) is 13.1. The van der Waals surface area contributed by atoms with E-state index in [4.69, 9.17) is 0 Å². The Morgan fingerprint density at radius 1 is 1.37 bits per heavy atom. The van der Waals surface area contributed by atoms with Gasteiger partial charge in [0.05, 0.1) is 0 Å². The predicted molar refractivity (Wildman–Crippen MR) is 73.5 cm³/mol. The van der Waals surface area contributed by atoms with Gasteiger partial charge in [-0.1, -0.05) is 6.07 Å². The molecule has 0 radical (unpaired) electrons. The maximum atomic E-state index is 11.8. The third kappa shape index (κ3) is 2.90. The molecule has 0 aromatic carbocycles. The van der Waals surface area contributed by atoms with E-state index in [1.165, 1.54) is 4.90 Å². The maximum Gasteiger partial charge on any atom is 0.273 e. The van der Waals surface area contributed by atoms with Gasteiger partial charge < -0.3 is 10.2 Å². The Morgan fingerprint density at radius 3 is 2.84 bits per heavy atom. The molecule has 1 amide bonds. The van der Waals surface area contributed by atoms with Crippen LogP contribution in [0, 0.1) is 0 Å². The summed E-state index contributed by atoms with van der Waals surface area (Å²) in [6.45, 7) is 2.82. The fourth-order valence-electron chi connectivity index (χ4n) is 1.63. The van der Waals surface area contributed by atoms with E-state index in [1.807, 2.05) is 25.1 Å². The highest BCUT2D eigenvalue weighted by molar-refractivity contribution is 5.91. The standard InChI is InChI=1S/C13H17N5O/c1-4-14-11-6-5-7-12(15-11)18-9-8-10(16-18)13(19)17(2)3/h5-9H,4H2,1-3H3,(H,14,15). The van der Waals surface area contributed by atoms with E-state index in [0.717, 1.165) is 12.4 Å². The van der Waals surface area contributed by atoms with Crippen LogP contribution in [0.3, 0.4) is 0 Å². The van der Waals surface area contributed by atoms with Crippen LogP contribution in [0.25, 0.3) is 5.82 Å². The summed E-state index contributed by atoms with van der Waals surface area (Å²) in [5, 5.41) is 7.38. The number of hydrogen-bond acceptors (Lipinski definition) is 4. The number of aromatic nitrogens is 3. The van der Waals surface area contributed by atoms with Gasteiger partial charge in [0.2, 0.25) is 0 Å². The minimum Gasteiger partial charge on any atom is -0.370 e. The molecule has 0 aliphatic rings. The molecule has 6 nitrogen and oxygen atoms in total. The van der Waals surface area contributed by atoms with Gasteiger partial charge in [-0.05, 0) is 25.1 Å². The molecule has 0 spiro atoms. The normalized spacial score (nSPS) is 10.3. The topological polar surface area (TPSA) is 63.1 Å². The van der Waals surface area contributed by atoms with Gasteiger partial charge in [-0.25, -0.2) is 9.67 Å². The van der Waals surface area contributed by atoms with Crippen LogP contribution < -0.4 is 5.32 Å². The lowest BCUT2D eigenvalue weighted by Gasteiger charge is -2.07. The zero-order valence-corrected chi connectivity index (χ0v) is 11.3. The largest absolute Gasteiger partial charge is 0.370 e. The van der Waals surface area contributed by atoms with Gasteiger partial charge in [-0.15, -0.1) is 0 Å². The zero-order valence-electron chi connectivity index (χ0n) is 11.3. The molecule has 0 unspecified atom stereocenters. The van der Waals surface area contributed by atoms with Crippen molar-refractivity contribution in [2.24, 2.45) is 0 Å². The summed E-state index contributed by atoms with van der Waals surface area (Å²) in [4.78, 5) is 17.7. The van der Waals surface area contributed by atoms with Crippen molar-refractivity contribution in [2.45, 2.75) is 6.92 Å². The van der Waals surface area contributed by atoms with Crippen LogP contribution in [0.15, 0.2) is 30.5 Å². The summed E-state index contributed by atoms with van der Waals surface area (Å²) < 4.78 is 1.59. The van der Waals surface area contributed by atoms with Gasteiger partial charge in [0.1, 0.15) is 5.82 Å². The second kappa shape index (κ2) is 5.51. The number of pyridine rings is 1. The second-order valence-electron chi connectivity index (χ2n) is 4.26. The number of rotatable bonds is 4. The molecule has 2 heterocycles. The van der Waals surface area contributed by atoms with Crippen LogP contribution in [0.5, 0.6) is 0 Å². The molecule has 0 saturated heterocycles. The minimum absolute atomic E-state index is 0.124. The third-order valence-corrected chi connectivity index (χ3v) is 2.54. The maximum absolute atomic E-state index is 11.8. The molecule has 2 rings (SSSR count). The average molecular weight is 259 g/mol. The lowest BCUT2D eigenvalue weighted by Crippen LogP contribution is -2.22. The van der Waals surface area contributed by atoms with Gasteiger partial charge in [-0.2, -0.15) is 5.10 Å². The number of hydrogen-bond donors (Lipinski definition) is 1. The molecule has 100 valence electrons. The highest BCUT2D eigenvalue weighted by Crippen LogP contribution is 2.09. The Bertz CT molecular complexity index is 576. The smallest absolute Gasteiger partial charge is 0.273 e. The van der Waals surface area contributed by atoms with Gasteiger partial charge in [0.15, 0.2) is 11.5 Å². The minimum atomic E-state index is -0.124. The summed E-state index contributed by atoms with van der Waals surface area (Å²) in [6, 6.07) is 7.32. The predicted octanol–water partition coefficient (Wildman–Crippen LogP) is 1.40. The van der Waals surface area contributed by atoms with E-state index in [9.17, 15) is 4.79 Å². The number of carbonyl (C=O) groups is 1. The van der Waals surface area contributed by atoms with Crippen LogP contribution in [0.1, 0.15) is 17.4 Å². The molecular weight excluding hydrogens is 242 g/mol. The van der Waals surface area contributed by atoms with Crippen molar-refractivity contribution in [3.63, 3.8) is 0 Å². The van der Waals surface area contributed by atoms with E-state index in [0.29, 0.717) is 11.5 Å². The molecule has 2 aromatic heterocycles. The van der Waals surface area contributed by atoms with Gasteiger partial charge in [0, 0.05) is 26.8 Å². The Hall–Kier alpha value is -2.37. The average Bonchev–Trinajstić information content (AvgIpc) is 2.88. The summed E-state index contributed by atoms with van der Waals surface area (Å²) in [7, 11) is 3.40. The van der Waals surface area contributed by atoms with Crippen molar-refractivity contribution in [2.75, 3.05) is 26.0 Å². The lowest BCUT2D eigenvalue weighted by atomic mass is 10.4. The van der Waals surface area contributed by atoms with E-state index in [1.54, 1.807) is 31.0 Å². The summed E-state index contributed by atoms with van der Waals surface area (Å²) in [6.07, 6.45) is 1.73. The number of amides is 1. The molecule has 0 saturated carbocycles. The van der Waals surface area contributed by atoms with E-state index >= 15 is 0 Å². The lowest BCUT2D eigenvalue weighted by molar-refractivity contribution is 0.0821. The van der Waals surface area contributed by atoms with Crippen LogP contribution in [-0.4, -0.2) is 46.2 Å². The molecule has 6 heteroatoms. The van der Waals surface area contributed by atoms with Crippen molar-refractivity contribution in [3.8, 4) is 5.82 Å². The molecule has 0 atom stereocenters.